The van der Waals surface area contributed by atoms with E-state index >= 15 is 0 Å². The third-order valence-corrected chi connectivity index (χ3v) is 4.22. The Morgan fingerprint density at radius 2 is 2.17 bits per heavy atom. The van der Waals surface area contributed by atoms with Crippen LogP contribution in [0.2, 0.25) is 0 Å². The van der Waals surface area contributed by atoms with Crippen molar-refractivity contribution in [3.63, 3.8) is 0 Å². The Hall–Kier alpha value is -2.31. The van der Waals surface area contributed by atoms with Gasteiger partial charge in [-0.05, 0) is 43.8 Å². The van der Waals surface area contributed by atoms with E-state index in [0.29, 0.717) is 6.54 Å². The van der Waals surface area contributed by atoms with Gasteiger partial charge in [0.05, 0.1) is 18.3 Å². The summed E-state index contributed by atoms with van der Waals surface area (Å²) in [5.41, 5.74) is 1.11. The van der Waals surface area contributed by atoms with Crippen LogP contribution < -0.4 is 5.32 Å². The van der Waals surface area contributed by atoms with E-state index in [1.807, 2.05) is 29.1 Å². The van der Waals surface area contributed by atoms with Crippen LogP contribution >= 0.6 is 0 Å². The van der Waals surface area contributed by atoms with E-state index in [0.717, 1.165) is 31.8 Å². The summed E-state index contributed by atoms with van der Waals surface area (Å²) in [5, 5.41) is 12.9. The van der Waals surface area contributed by atoms with Gasteiger partial charge in [0.25, 0.3) is 5.91 Å². The summed E-state index contributed by atoms with van der Waals surface area (Å²) in [6.07, 6.45) is 4.69. The standard InChI is InChI=1S/C18H23N3O3/c1-20-10-11-24-15(13-20)6-7-19-18(23)16-12-14(4-5-17(16)22)21-8-2-3-9-21/h2-5,8-9,12,15,22H,6-7,10-11,13H2,1H3,(H,19,23)/t15-/m1/s1. The summed E-state index contributed by atoms with van der Waals surface area (Å²) >= 11 is 0. The number of hydrogen-bond donors (Lipinski definition) is 2. The number of nitrogens with one attached hydrogen (secondary N) is 1. The Labute approximate surface area is 141 Å². The van der Waals surface area contributed by atoms with Crippen molar-refractivity contribution in [2.24, 2.45) is 0 Å². The fourth-order valence-corrected chi connectivity index (χ4v) is 2.86. The van der Waals surface area contributed by atoms with Crippen LogP contribution in [0.5, 0.6) is 5.75 Å². The molecule has 0 bridgehead atoms. The summed E-state index contributed by atoms with van der Waals surface area (Å²) < 4.78 is 7.57. The summed E-state index contributed by atoms with van der Waals surface area (Å²) in [4.78, 5) is 14.6. The minimum atomic E-state index is -0.273. The van der Waals surface area contributed by atoms with Crippen molar-refractivity contribution in [2.75, 3.05) is 33.3 Å². The third-order valence-electron chi connectivity index (χ3n) is 4.22. The molecule has 1 aliphatic heterocycles. The molecule has 1 aromatic heterocycles. The molecule has 3 rings (SSSR count). The van der Waals surface area contributed by atoms with Crippen molar-refractivity contribution in [1.29, 1.82) is 0 Å². The molecular weight excluding hydrogens is 306 g/mol. The lowest BCUT2D eigenvalue weighted by molar-refractivity contribution is -0.0226. The number of benzene rings is 1. The first kappa shape index (κ1) is 16.5. The molecule has 0 spiro atoms. The van der Waals surface area contributed by atoms with Crippen LogP contribution in [0.25, 0.3) is 5.69 Å². The molecule has 1 aromatic carbocycles. The molecular formula is C18H23N3O3. The number of hydrogen-bond acceptors (Lipinski definition) is 4. The number of aromatic hydroxyl groups is 1. The number of morpholine rings is 1. The highest BCUT2D eigenvalue weighted by atomic mass is 16.5. The number of likely N-dealkylation sites (N-methyl/N-ethyl adjacent to an activating group) is 1. The SMILES string of the molecule is CN1CCO[C@H](CCNC(=O)c2cc(-n3cccc3)ccc2O)C1. The van der Waals surface area contributed by atoms with Gasteiger partial charge in [-0.25, -0.2) is 0 Å². The number of carbonyl (C=O) groups is 1. The smallest absolute Gasteiger partial charge is 0.255 e. The Bertz CT molecular complexity index is 685. The molecule has 2 aromatic rings. The van der Waals surface area contributed by atoms with Gasteiger partial charge < -0.3 is 24.6 Å². The summed E-state index contributed by atoms with van der Waals surface area (Å²) in [5.74, 6) is -0.289. The Balaban J connectivity index is 1.59. The van der Waals surface area contributed by atoms with Gasteiger partial charge in [-0.2, -0.15) is 0 Å². The highest BCUT2D eigenvalue weighted by molar-refractivity contribution is 5.97. The number of phenols is 1. The second-order valence-corrected chi connectivity index (χ2v) is 6.09. The molecule has 1 atom stereocenters. The molecule has 128 valence electrons. The van der Waals surface area contributed by atoms with Crippen molar-refractivity contribution in [3.05, 3.63) is 48.3 Å². The molecule has 2 N–H and O–H groups in total. The van der Waals surface area contributed by atoms with Crippen LogP contribution in [0.3, 0.4) is 0 Å². The zero-order chi connectivity index (χ0) is 16.9. The third kappa shape index (κ3) is 3.96. The van der Waals surface area contributed by atoms with Gasteiger partial charge in [-0.3, -0.25) is 4.79 Å². The number of nitrogens with zero attached hydrogens (tertiary/aromatic N) is 2. The van der Waals surface area contributed by atoms with E-state index in [4.69, 9.17) is 4.74 Å². The fourth-order valence-electron chi connectivity index (χ4n) is 2.86. The zero-order valence-electron chi connectivity index (χ0n) is 13.8. The fraction of sp³-hybridized carbons (Fsp3) is 0.389. The van der Waals surface area contributed by atoms with Crippen molar-refractivity contribution in [3.8, 4) is 11.4 Å². The average Bonchev–Trinajstić information content (AvgIpc) is 3.10. The van der Waals surface area contributed by atoms with Crippen molar-refractivity contribution < 1.29 is 14.6 Å². The normalized spacial score (nSPS) is 18.5. The van der Waals surface area contributed by atoms with Crippen LogP contribution in [-0.4, -0.2) is 59.9 Å². The lowest BCUT2D eigenvalue weighted by atomic mass is 10.1. The first-order valence-electron chi connectivity index (χ1n) is 8.18. The molecule has 6 nitrogen and oxygen atoms in total. The topological polar surface area (TPSA) is 66.7 Å². The highest BCUT2D eigenvalue weighted by Crippen LogP contribution is 2.21. The molecule has 1 fully saturated rings. The molecule has 0 radical (unpaired) electrons. The summed E-state index contributed by atoms with van der Waals surface area (Å²) in [7, 11) is 2.07. The van der Waals surface area contributed by atoms with Crippen molar-refractivity contribution in [1.82, 2.24) is 14.8 Å². The quantitative estimate of drug-likeness (QED) is 0.875. The van der Waals surface area contributed by atoms with E-state index in [2.05, 4.69) is 17.3 Å². The van der Waals surface area contributed by atoms with E-state index in [1.165, 1.54) is 0 Å². The minimum Gasteiger partial charge on any atom is -0.507 e. The lowest BCUT2D eigenvalue weighted by Gasteiger charge is -2.30. The highest BCUT2D eigenvalue weighted by Gasteiger charge is 2.18. The van der Waals surface area contributed by atoms with Crippen molar-refractivity contribution in [2.45, 2.75) is 12.5 Å². The van der Waals surface area contributed by atoms with Crippen LogP contribution in [0, 0.1) is 0 Å². The first-order chi connectivity index (χ1) is 11.6. The van der Waals surface area contributed by atoms with E-state index in [9.17, 15) is 9.90 Å². The Morgan fingerprint density at radius 3 is 2.92 bits per heavy atom. The van der Waals surface area contributed by atoms with E-state index < -0.39 is 0 Å². The Kier molecular flexibility index (Phi) is 5.17. The average molecular weight is 329 g/mol. The Morgan fingerprint density at radius 1 is 1.38 bits per heavy atom. The largest absolute Gasteiger partial charge is 0.507 e. The van der Waals surface area contributed by atoms with Crippen LogP contribution in [0.15, 0.2) is 42.7 Å². The number of amides is 1. The minimum absolute atomic E-state index is 0.0166. The van der Waals surface area contributed by atoms with Gasteiger partial charge in [-0.15, -0.1) is 0 Å². The maximum absolute atomic E-state index is 12.4. The summed E-state index contributed by atoms with van der Waals surface area (Å²) in [6.45, 7) is 3.08. The van der Waals surface area contributed by atoms with E-state index in [1.54, 1.807) is 18.2 Å². The molecule has 0 saturated carbocycles. The number of ether oxygens (including phenoxy) is 1. The van der Waals surface area contributed by atoms with Gasteiger partial charge in [0, 0.05) is 37.7 Å². The van der Waals surface area contributed by atoms with Crippen molar-refractivity contribution >= 4 is 5.91 Å². The van der Waals surface area contributed by atoms with Gasteiger partial charge in [0.2, 0.25) is 0 Å². The lowest BCUT2D eigenvalue weighted by Crippen LogP contribution is -2.41. The molecule has 1 aliphatic rings. The predicted molar refractivity (Wildman–Crippen MR) is 91.6 cm³/mol. The van der Waals surface area contributed by atoms with Gasteiger partial charge in [0.1, 0.15) is 5.75 Å². The first-order valence-corrected chi connectivity index (χ1v) is 8.18. The number of carbonyl (C=O) groups excluding carboxylic acids is 1. The van der Waals surface area contributed by atoms with Gasteiger partial charge in [0.15, 0.2) is 0 Å². The molecule has 0 aliphatic carbocycles. The van der Waals surface area contributed by atoms with Crippen LogP contribution in [0.1, 0.15) is 16.8 Å². The molecule has 24 heavy (non-hydrogen) atoms. The zero-order valence-corrected chi connectivity index (χ0v) is 13.8. The second-order valence-electron chi connectivity index (χ2n) is 6.09. The van der Waals surface area contributed by atoms with E-state index in [-0.39, 0.29) is 23.3 Å². The maximum atomic E-state index is 12.4. The van der Waals surface area contributed by atoms with Gasteiger partial charge in [-0.1, -0.05) is 0 Å². The molecule has 1 saturated heterocycles. The molecule has 2 heterocycles. The van der Waals surface area contributed by atoms with Crippen LogP contribution in [-0.2, 0) is 4.74 Å². The van der Waals surface area contributed by atoms with Gasteiger partial charge >= 0.3 is 0 Å². The predicted octanol–water partition coefficient (Wildman–Crippen LogP) is 1.63. The molecule has 6 heteroatoms. The number of aromatic nitrogens is 1. The number of rotatable bonds is 5. The molecule has 1 amide bonds. The maximum Gasteiger partial charge on any atom is 0.255 e. The second kappa shape index (κ2) is 7.51. The summed E-state index contributed by atoms with van der Waals surface area (Å²) in [6, 6.07) is 8.83. The molecule has 0 unspecified atom stereocenters. The number of phenolic OH excluding ortho intramolecular Hbond substituents is 1. The monoisotopic (exact) mass is 329 g/mol. The van der Waals surface area contributed by atoms with Crippen LogP contribution in [0.4, 0.5) is 0 Å².